The molecule has 0 fully saturated rings. The summed E-state index contributed by atoms with van der Waals surface area (Å²) in [5.74, 6) is 0.135. The van der Waals surface area contributed by atoms with E-state index in [1.807, 2.05) is 13.8 Å². The summed E-state index contributed by atoms with van der Waals surface area (Å²) in [5.41, 5.74) is 0.558. The van der Waals surface area contributed by atoms with Crippen molar-refractivity contribution in [1.29, 1.82) is 0 Å². The maximum atomic E-state index is 12.8. The molecule has 0 spiro atoms. The first-order chi connectivity index (χ1) is 13.7. The van der Waals surface area contributed by atoms with Crippen LogP contribution in [0.3, 0.4) is 0 Å². The summed E-state index contributed by atoms with van der Waals surface area (Å²) in [7, 11) is 1.41. The fourth-order valence-electron chi connectivity index (χ4n) is 2.89. The van der Waals surface area contributed by atoms with Crippen LogP contribution < -0.4 is 14.2 Å². The normalized spacial score (nSPS) is 14.2. The number of benzene rings is 2. The highest BCUT2D eigenvalue weighted by atomic mass is 16.7. The van der Waals surface area contributed by atoms with Crippen molar-refractivity contribution in [3.63, 3.8) is 0 Å². The number of ether oxygens (including phenoxy) is 3. The molecular weight excluding hydrogens is 376 g/mol. The number of phenolic OH excluding ortho intramolecular Hbond substituents is 1. The number of rotatable bonds is 5. The first-order valence-corrected chi connectivity index (χ1v) is 8.75. The fourth-order valence-corrected chi connectivity index (χ4v) is 2.89. The van der Waals surface area contributed by atoms with Crippen molar-refractivity contribution in [2.75, 3.05) is 7.11 Å². The van der Waals surface area contributed by atoms with Gasteiger partial charge in [-0.15, -0.1) is 0 Å². The Hall–Kier alpha value is -3.74. The van der Waals surface area contributed by atoms with Gasteiger partial charge in [0.1, 0.15) is 34.2 Å². The highest BCUT2D eigenvalue weighted by molar-refractivity contribution is 6.11. The van der Waals surface area contributed by atoms with Crippen LogP contribution in [-0.4, -0.2) is 34.9 Å². The minimum atomic E-state index is -1.40. The van der Waals surface area contributed by atoms with E-state index < -0.39 is 17.5 Å². The molecule has 0 amide bonds. The van der Waals surface area contributed by atoms with E-state index in [0.29, 0.717) is 16.9 Å². The maximum absolute atomic E-state index is 12.8. The van der Waals surface area contributed by atoms with Gasteiger partial charge in [-0.1, -0.05) is 18.2 Å². The van der Waals surface area contributed by atoms with Gasteiger partial charge in [0.15, 0.2) is 5.78 Å². The fraction of sp³-hybridized carbons (Fsp3) is 0.182. The largest absolute Gasteiger partial charge is 0.511 e. The highest BCUT2D eigenvalue weighted by Gasteiger charge is 2.28. The molecule has 0 aromatic heterocycles. The van der Waals surface area contributed by atoms with Gasteiger partial charge in [-0.05, 0) is 49.8 Å². The van der Waals surface area contributed by atoms with Gasteiger partial charge in [-0.3, -0.25) is 4.79 Å². The summed E-state index contributed by atoms with van der Waals surface area (Å²) in [6.07, 6.45) is 4.95. The van der Waals surface area contributed by atoms with Gasteiger partial charge in [0.25, 0.3) is 0 Å². The summed E-state index contributed by atoms with van der Waals surface area (Å²) < 4.78 is 15.7. The zero-order chi connectivity index (χ0) is 21.2. The number of hydrogen-bond donors (Lipinski definition) is 2. The second kappa shape index (κ2) is 7.71. The predicted molar refractivity (Wildman–Crippen MR) is 107 cm³/mol. The number of phenols is 1. The van der Waals surface area contributed by atoms with E-state index in [2.05, 4.69) is 4.74 Å². The smallest absolute Gasteiger partial charge is 0.506 e. The van der Waals surface area contributed by atoms with Crippen LogP contribution in [0, 0.1) is 0 Å². The molecule has 3 rings (SSSR count). The third kappa shape index (κ3) is 4.40. The van der Waals surface area contributed by atoms with E-state index in [-0.39, 0.29) is 22.8 Å². The Morgan fingerprint density at radius 3 is 2.48 bits per heavy atom. The number of methoxy groups -OCH3 is 1. The van der Waals surface area contributed by atoms with E-state index >= 15 is 0 Å². The topological polar surface area (TPSA) is 102 Å². The molecule has 2 aromatic carbocycles. The highest BCUT2D eigenvalue weighted by Crippen LogP contribution is 2.43. The van der Waals surface area contributed by atoms with Crippen molar-refractivity contribution >= 4 is 24.1 Å². The molecule has 0 saturated carbocycles. The third-order valence-corrected chi connectivity index (χ3v) is 4.27. The Bertz CT molecular complexity index is 1010. The number of carbonyl (C=O) groups excluding carboxylic acids is 1. The van der Waals surface area contributed by atoms with Gasteiger partial charge in [0, 0.05) is 6.07 Å². The molecule has 7 heteroatoms. The Morgan fingerprint density at radius 2 is 1.86 bits per heavy atom. The summed E-state index contributed by atoms with van der Waals surface area (Å²) in [4.78, 5) is 23.3. The molecule has 1 aliphatic heterocycles. The number of hydrogen-bond acceptors (Lipinski definition) is 6. The van der Waals surface area contributed by atoms with Gasteiger partial charge in [-0.25, -0.2) is 4.79 Å². The van der Waals surface area contributed by atoms with Crippen molar-refractivity contribution < 1.29 is 34.0 Å². The van der Waals surface area contributed by atoms with Crippen molar-refractivity contribution in [2.24, 2.45) is 0 Å². The Labute approximate surface area is 167 Å². The zero-order valence-electron chi connectivity index (χ0n) is 16.1. The zero-order valence-corrected chi connectivity index (χ0v) is 16.1. The van der Waals surface area contributed by atoms with Crippen LogP contribution in [0.4, 0.5) is 4.79 Å². The standard InChI is InChI=1S/C22H20O7/c1-22(2)11-10-15-17(29-22)12-18(27-3)19(20(15)24)16(23)9-6-13-4-7-14(8-5-13)28-21(25)26/h4-12,24H,1-3H3,(H,25,26). The molecule has 150 valence electrons. The molecule has 2 N–H and O–H groups in total. The van der Waals surface area contributed by atoms with Crippen molar-refractivity contribution in [1.82, 2.24) is 0 Å². The summed E-state index contributed by atoms with van der Waals surface area (Å²) in [6.45, 7) is 3.76. The molecule has 1 aliphatic rings. The number of aromatic hydroxyl groups is 1. The number of carbonyl (C=O) groups is 2. The molecule has 0 radical (unpaired) electrons. The van der Waals surface area contributed by atoms with Crippen molar-refractivity contribution in [2.45, 2.75) is 19.4 Å². The second-order valence-corrected chi connectivity index (χ2v) is 6.89. The van der Waals surface area contributed by atoms with Crippen LogP contribution in [0.25, 0.3) is 12.2 Å². The number of fused-ring (bicyclic) bond motifs is 1. The SMILES string of the molecule is COc1cc2c(c(O)c1C(=O)C=Cc1ccc(OC(=O)O)cc1)C=CC(C)(C)O2. The van der Waals surface area contributed by atoms with Gasteiger partial charge in [0.2, 0.25) is 0 Å². The van der Waals surface area contributed by atoms with Crippen LogP contribution in [0.2, 0.25) is 0 Å². The molecule has 29 heavy (non-hydrogen) atoms. The number of ketones is 1. The lowest BCUT2D eigenvalue weighted by Gasteiger charge is -2.29. The van der Waals surface area contributed by atoms with Gasteiger partial charge >= 0.3 is 6.16 Å². The van der Waals surface area contributed by atoms with Crippen molar-refractivity contribution in [3.8, 4) is 23.0 Å². The number of allylic oxidation sites excluding steroid dienone is 1. The summed E-state index contributed by atoms with van der Waals surface area (Å²) in [6, 6.07) is 7.73. The monoisotopic (exact) mass is 396 g/mol. The average molecular weight is 396 g/mol. The lowest BCUT2D eigenvalue weighted by Crippen LogP contribution is -2.27. The van der Waals surface area contributed by atoms with Crippen molar-refractivity contribution in [3.05, 3.63) is 59.2 Å². The molecular formula is C22H20O7. The van der Waals surface area contributed by atoms with Crippen LogP contribution in [0.1, 0.15) is 35.3 Å². The van der Waals surface area contributed by atoms with E-state index in [9.17, 15) is 14.7 Å². The molecule has 0 saturated heterocycles. The molecule has 2 aromatic rings. The van der Waals surface area contributed by atoms with E-state index in [0.717, 1.165) is 0 Å². The Balaban J connectivity index is 1.89. The van der Waals surface area contributed by atoms with Crippen LogP contribution in [-0.2, 0) is 0 Å². The Kier molecular flexibility index (Phi) is 5.32. The molecule has 1 heterocycles. The minimum absolute atomic E-state index is 0.0290. The molecule has 0 aliphatic carbocycles. The van der Waals surface area contributed by atoms with Crippen LogP contribution in [0.5, 0.6) is 23.0 Å². The minimum Gasteiger partial charge on any atom is -0.506 e. The molecule has 0 atom stereocenters. The molecule has 0 unspecified atom stereocenters. The van der Waals surface area contributed by atoms with Gasteiger partial charge in [-0.2, -0.15) is 0 Å². The first-order valence-electron chi connectivity index (χ1n) is 8.75. The van der Waals surface area contributed by atoms with Gasteiger partial charge < -0.3 is 24.4 Å². The lowest BCUT2D eigenvalue weighted by molar-refractivity contribution is 0.104. The Morgan fingerprint density at radius 1 is 1.17 bits per heavy atom. The third-order valence-electron chi connectivity index (χ3n) is 4.27. The van der Waals surface area contributed by atoms with Crippen LogP contribution >= 0.6 is 0 Å². The summed E-state index contributed by atoms with van der Waals surface area (Å²) in [5, 5.41) is 19.3. The van der Waals surface area contributed by atoms with E-state index in [1.165, 1.54) is 25.3 Å². The maximum Gasteiger partial charge on any atom is 0.511 e. The van der Waals surface area contributed by atoms with E-state index in [1.54, 1.807) is 36.4 Å². The first kappa shape index (κ1) is 20.0. The predicted octanol–water partition coefficient (Wildman–Crippen LogP) is 4.54. The quantitative estimate of drug-likeness (QED) is 0.331. The molecule has 7 nitrogen and oxygen atoms in total. The molecule has 0 bridgehead atoms. The summed E-state index contributed by atoms with van der Waals surface area (Å²) >= 11 is 0. The van der Waals surface area contributed by atoms with Crippen LogP contribution in [0.15, 0.2) is 42.5 Å². The lowest BCUT2D eigenvalue weighted by atomic mass is 9.97. The number of carboxylic acid groups (broad SMARTS) is 1. The van der Waals surface area contributed by atoms with E-state index in [4.69, 9.17) is 14.6 Å². The van der Waals surface area contributed by atoms with Gasteiger partial charge in [0.05, 0.1) is 12.7 Å². The second-order valence-electron chi connectivity index (χ2n) is 6.89. The average Bonchev–Trinajstić information content (AvgIpc) is 2.65.